The first kappa shape index (κ1) is 34.2. The molecule has 11 aromatic rings. The molecular weight excluding hydrogens is 729 g/mol. The Morgan fingerprint density at radius 1 is 0.333 bits per heavy atom. The van der Waals surface area contributed by atoms with Crippen molar-refractivity contribution in [1.82, 2.24) is 9.97 Å². The lowest BCUT2D eigenvalue weighted by Crippen LogP contribution is -2.28. The fourth-order valence-electron chi connectivity index (χ4n) is 9.63. The predicted octanol–water partition coefficient (Wildman–Crippen LogP) is 14.6. The van der Waals surface area contributed by atoms with Crippen LogP contribution in [0.5, 0.6) is 0 Å². The molecule has 0 unspecified atom stereocenters. The molecule has 3 heteroatoms. The summed E-state index contributed by atoms with van der Waals surface area (Å²) < 4.78 is 6.13. The molecule has 0 aliphatic heterocycles. The average molecular weight is 765 g/mol. The summed E-state index contributed by atoms with van der Waals surface area (Å²) in [4.78, 5) is 10.7. The summed E-state index contributed by atoms with van der Waals surface area (Å²) in [5.41, 5.74) is 15.9. The first-order chi connectivity index (χ1) is 29.7. The average Bonchev–Trinajstić information content (AvgIpc) is 3.85. The highest BCUT2D eigenvalue weighted by Crippen LogP contribution is 2.56. The fraction of sp³-hybridized carbons (Fsp3) is 0.0175. The van der Waals surface area contributed by atoms with Gasteiger partial charge in [0, 0.05) is 27.5 Å². The fourth-order valence-corrected chi connectivity index (χ4v) is 9.63. The summed E-state index contributed by atoms with van der Waals surface area (Å²) >= 11 is 0. The van der Waals surface area contributed by atoms with Crippen molar-refractivity contribution >= 4 is 32.7 Å². The molecular formula is C57H36N2O. The molecule has 2 aromatic heterocycles. The molecule has 0 amide bonds. The van der Waals surface area contributed by atoms with Crippen molar-refractivity contribution in [1.29, 1.82) is 0 Å². The molecule has 9 aromatic carbocycles. The minimum absolute atomic E-state index is 0.514. The molecule has 1 aliphatic carbocycles. The van der Waals surface area contributed by atoms with Gasteiger partial charge in [0.2, 0.25) is 0 Å². The highest BCUT2D eigenvalue weighted by molar-refractivity contribution is 6.06. The molecule has 0 saturated carbocycles. The Kier molecular flexibility index (Phi) is 7.76. The summed E-state index contributed by atoms with van der Waals surface area (Å²) in [7, 11) is 0. The minimum atomic E-state index is -0.514. The Morgan fingerprint density at radius 3 is 1.70 bits per heavy atom. The van der Waals surface area contributed by atoms with E-state index in [1.54, 1.807) is 0 Å². The molecule has 0 saturated heterocycles. The molecule has 12 rings (SSSR count). The quantitative estimate of drug-likeness (QED) is 0.169. The zero-order valence-corrected chi connectivity index (χ0v) is 32.6. The van der Waals surface area contributed by atoms with Crippen LogP contribution in [-0.2, 0) is 5.41 Å². The summed E-state index contributed by atoms with van der Waals surface area (Å²) in [5.74, 6) is 0.696. The van der Waals surface area contributed by atoms with Gasteiger partial charge in [-0.15, -0.1) is 0 Å². The maximum absolute atomic E-state index is 6.13. The van der Waals surface area contributed by atoms with Crippen molar-refractivity contribution < 1.29 is 4.42 Å². The number of hydrogen-bond donors (Lipinski definition) is 0. The summed E-state index contributed by atoms with van der Waals surface area (Å²) in [6.07, 6.45) is 0. The molecule has 280 valence electrons. The number of furan rings is 1. The Hall–Kier alpha value is -7.88. The summed E-state index contributed by atoms with van der Waals surface area (Å²) in [6.45, 7) is 0. The van der Waals surface area contributed by atoms with E-state index in [0.29, 0.717) is 5.82 Å². The first-order valence-corrected chi connectivity index (χ1v) is 20.5. The Bertz CT molecular complexity index is 3380. The van der Waals surface area contributed by atoms with Crippen LogP contribution < -0.4 is 0 Å². The monoisotopic (exact) mass is 764 g/mol. The molecule has 0 spiro atoms. The topological polar surface area (TPSA) is 38.9 Å². The van der Waals surface area contributed by atoms with Gasteiger partial charge in [-0.25, -0.2) is 9.97 Å². The zero-order chi connectivity index (χ0) is 39.6. The van der Waals surface area contributed by atoms with Gasteiger partial charge in [0.05, 0.1) is 16.8 Å². The van der Waals surface area contributed by atoms with Crippen molar-refractivity contribution in [2.75, 3.05) is 0 Å². The van der Waals surface area contributed by atoms with Crippen LogP contribution in [0.15, 0.2) is 223 Å². The van der Waals surface area contributed by atoms with Gasteiger partial charge in [-0.05, 0) is 85.6 Å². The first-order valence-electron chi connectivity index (χ1n) is 20.5. The Balaban J connectivity index is 1.04. The van der Waals surface area contributed by atoms with E-state index < -0.39 is 5.41 Å². The maximum atomic E-state index is 6.13. The lowest BCUT2D eigenvalue weighted by Gasteiger charge is -2.34. The van der Waals surface area contributed by atoms with E-state index in [0.717, 1.165) is 71.9 Å². The largest absolute Gasteiger partial charge is 0.456 e. The van der Waals surface area contributed by atoms with Crippen LogP contribution in [0.25, 0.3) is 88.9 Å². The third-order valence-electron chi connectivity index (χ3n) is 12.4. The van der Waals surface area contributed by atoms with Crippen molar-refractivity contribution in [2.45, 2.75) is 5.41 Å². The van der Waals surface area contributed by atoms with Gasteiger partial charge < -0.3 is 4.42 Å². The normalized spacial score (nSPS) is 12.8. The SMILES string of the molecule is c1ccc(C2(c3ccccc3)c3ccccc3-c3ccc(-c4cc(-c5ccc(-c6ccc7oc8ccccc8c7c6)cc5)nc(-c5cccc6ccccc56)n4)cc32)cc1. The van der Waals surface area contributed by atoms with E-state index in [2.05, 4.69) is 206 Å². The summed E-state index contributed by atoms with van der Waals surface area (Å²) in [5, 5.41) is 4.52. The summed E-state index contributed by atoms with van der Waals surface area (Å²) in [6, 6.07) is 78.1. The van der Waals surface area contributed by atoms with Crippen molar-refractivity contribution in [2.24, 2.45) is 0 Å². The van der Waals surface area contributed by atoms with Gasteiger partial charge in [-0.1, -0.05) is 188 Å². The second-order valence-corrected chi connectivity index (χ2v) is 15.7. The third-order valence-corrected chi connectivity index (χ3v) is 12.4. The third kappa shape index (κ3) is 5.30. The molecule has 0 radical (unpaired) electrons. The lowest BCUT2D eigenvalue weighted by atomic mass is 9.67. The van der Waals surface area contributed by atoms with Crippen LogP contribution in [0.2, 0.25) is 0 Å². The highest BCUT2D eigenvalue weighted by atomic mass is 16.3. The van der Waals surface area contributed by atoms with Gasteiger partial charge in [0.15, 0.2) is 5.82 Å². The van der Waals surface area contributed by atoms with Crippen LogP contribution in [0, 0.1) is 0 Å². The van der Waals surface area contributed by atoms with Crippen LogP contribution in [0.4, 0.5) is 0 Å². The number of fused-ring (bicyclic) bond motifs is 7. The van der Waals surface area contributed by atoms with E-state index in [4.69, 9.17) is 14.4 Å². The van der Waals surface area contributed by atoms with Gasteiger partial charge in [-0.3, -0.25) is 0 Å². The molecule has 0 fully saturated rings. The number of rotatable bonds is 6. The maximum Gasteiger partial charge on any atom is 0.161 e. The van der Waals surface area contributed by atoms with Crippen LogP contribution in [0.1, 0.15) is 22.3 Å². The van der Waals surface area contributed by atoms with Crippen LogP contribution >= 0.6 is 0 Å². The predicted molar refractivity (Wildman–Crippen MR) is 246 cm³/mol. The van der Waals surface area contributed by atoms with E-state index in [1.165, 1.54) is 33.4 Å². The molecule has 0 atom stereocenters. The van der Waals surface area contributed by atoms with E-state index in [1.807, 2.05) is 12.1 Å². The van der Waals surface area contributed by atoms with Gasteiger partial charge in [-0.2, -0.15) is 0 Å². The van der Waals surface area contributed by atoms with E-state index in [-0.39, 0.29) is 0 Å². The van der Waals surface area contributed by atoms with Gasteiger partial charge in [0.25, 0.3) is 0 Å². The molecule has 3 nitrogen and oxygen atoms in total. The number of benzene rings is 9. The second-order valence-electron chi connectivity index (χ2n) is 15.7. The lowest BCUT2D eigenvalue weighted by molar-refractivity contribution is 0.669. The smallest absolute Gasteiger partial charge is 0.161 e. The standard InChI is InChI=1S/C57H36N2O/c1-3-16-42(17-4-1)57(43-18-5-2-6-19-43)50-24-11-9-21-45(50)46-32-30-41(35-51(46)57)53-36-52(58-56(59-53)48-23-13-15-38-14-7-8-20-44(38)48)39-28-26-37(27-29-39)40-31-33-55-49(34-40)47-22-10-12-25-54(47)60-55/h1-36H. The number of nitrogens with zero attached hydrogens (tertiary/aromatic N) is 2. The van der Waals surface area contributed by atoms with Crippen molar-refractivity contribution in [3.63, 3.8) is 0 Å². The van der Waals surface area contributed by atoms with Gasteiger partial charge >= 0.3 is 0 Å². The number of aromatic nitrogens is 2. The number of para-hydroxylation sites is 1. The molecule has 1 aliphatic rings. The number of hydrogen-bond acceptors (Lipinski definition) is 3. The van der Waals surface area contributed by atoms with Crippen molar-refractivity contribution in [3.8, 4) is 56.2 Å². The molecule has 60 heavy (non-hydrogen) atoms. The van der Waals surface area contributed by atoms with Crippen LogP contribution in [-0.4, -0.2) is 9.97 Å². The van der Waals surface area contributed by atoms with Gasteiger partial charge in [0.1, 0.15) is 11.2 Å². The zero-order valence-electron chi connectivity index (χ0n) is 32.6. The molecule has 0 bridgehead atoms. The molecule has 2 heterocycles. The van der Waals surface area contributed by atoms with E-state index in [9.17, 15) is 0 Å². The highest BCUT2D eigenvalue weighted by Gasteiger charge is 2.46. The Morgan fingerprint density at radius 2 is 0.900 bits per heavy atom. The van der Waals surface area contributed by atoms with E-state index >= 15 is 0 Å². The second kappa shape index (κ2) is 13.6. The minimum Gasteiger partial charge on any atom is -0.456 e. The van der Waals surface area contributed by atoms with Crippen LogP contribution in [0.3, 0.4) is 0 Å². The van der Waals surface area contributed by atoms with Crippen molar-refractivity contribution in [3.05, 3.63) is 241 Å². The Labute approximate surface area is 347 Å². The molecule has 0 N–H and O–H groups in total.